The first-order chi connectivity index (χ1) is 8.21. The third-order valence-corrected chi connectivity index (χ3v) is 2.35. The van der Waals surface area contributed by atoms with Crippen LogP contribution in [0.5, 0.6) is 0 Å². The smallest absolute Gasteiger partial charge is 0.131 e. The average molecular weight is 358 g/mol. The van der Waals surface area contributed by atoms with Gasteiger partial charge in [-0.05, 0) is 23.4 Å². The number of benzene rings is 1. The van der Waals surface area contributed by atoms with E-state index in [2.05, 4.69) is 31.3 Å². The van der Waals surface area contributed by atoms with E-state index in [9.17, 15) is 0 Å². The Morgan fingerprint density at radius 2 is 2.00 bits per heavy atom. The zero-order chi connectivity index (χ0) is 12.7. The zero-order valence-electron chi connectivity index (χ0n) is 8.52. The van der Waals surface area contributed by atoms with Gasteiger partial charge >= 0.3 is 0 Å². The maximum absolute atomic E-state index is 5.84. The van der Waals surface area contributed by atoms with E-state index in [4.69, 9.17) is 34.8 Å². The van der Waals surface area contributed by atoms with Crippen LogP contribution < -0.4 is 0 Å². The zero-order valence-corrected chi connectivity index (χ0v) is 12.4. The molecule has 0 aliphatic rings. The van der Waals surface area contributed by atoms with Crippen LogP contribution in [0.2, 0.25) is 5.02 Å². The Morgan fingerprint density at radius 1 is 1.29 bits per heavy atom. The molecule has 0 fully saturated rings. The minimum atomic E-state index is 0.194. The van der Waals surface area contributed by atoms with E-state index in [1.54, 1.807) is 12.1 Å². The summed E-state index contributed by atoms with van der Waals surface area (Å²) in [6.07, 6.45) is 0. The van der Waals surface area contributed by atoms with Crippen molar-refractivity contribution in [2.45, 2.75) is 5.33 Å². The van der Waals surface area contributed by atoms with Crippen LogP contribution in [0.3, 0.4) is 0 Å². The van der Waals surface area contributed by atoms with E-state index < -0.39 is 0 Å². The Kier molecular flexibility index (Phi) is 6.80. The molecule has 1 aromatic carbocycles. The van der Waals surface area contributed by atoms with Gasteiger partial charge in [0.1, 0.15) is 0 Å². The van der Waals surface area contributed by atoms with E-state index >= 15 is 0 Å². The number of hydrogen-bond donors (Lipinski definition) is 0. The normalized spacial score (nSPS) is 9.65. The Morgan fingerprint density at radius 3 is 2.53 bits per heavy atom. The maximum atomic E-state index is 5.84. The van der Waals surface area contributed by atoms with Gasteiger partial charge in [-0.15, -0.1) is 38.2 Å². The van der Waals surface area contributed by atoms with E-state index in [0.717, 1.165) is 5.69 Å². The molecular weight excluding hydrogens is 350 g/mol. The minimum Gasteiger partial charge on any atom is -0.131 e. The quantitative estimate of drug-likeness (QED) is 0.770. The summed E-state index contributed by atoms with van der Waals surface area (Å²) in [5.41, 5.74) is 0.803. The highest BCUT2D eigenvalue weighted by molar-refractivity contribution is 9.08. The van der Waals surface area contributed by atoms with Crippen LogP contribution in [-0.2, 0) is 5.33 Å². The van der Waals surface area contributed by atoms with Crippen molar-refractivity contribution in [2.24, 2.45) is 0 Å². The van der Waals surface area contributed by atoms with E-state index in [1.807, 2.05) is 12.1 Å². The molecule has 1 heterocycles. The van der Waals surface area contributed by atoms with Gasteiger partial charge in [-0.1, -0.05) is 33.6 Å². The Bertz CT molecular complexity index is 463. The molecule has 17 heavy (non-hydrogen) atoms. The van der Waals surface area contributed by atoms with Crippen LogP contribution in [-0.4, -0.2) is 25.5 Å². The highest BCUT2D eigenvalue weighted by Crippen LogP contribution is 2.12. The highest BCUT2D eigenvalue weighted by atomic mass is 79.9. The van der Waals surface area contributed by atoms with Crippen molar-refractivity contribution in [2.75, 3.05) is 5.34 Å². The molecule has 8 heteroatoms. The van der Waals surface area contributed by atoms with Crippen molar-refractivity contribution in [3.63, 3.8) is 0 Å². The summed E-state index contributed by atoms with van der Waals surface area (Å²) in [6, 6.07) is 7.29. The molecule has 1 aromatic heterocycles. The molecule has 0 atom stereocenters. The molecule has 0 aliphatic carbocycles. The first-order valence-electron chi connectivity index (χ1n) is 4.44. The summed E-state index contributed by atoms with van der Waals surface area (Å²) < 4.78 is 0. The predicted molar refractivity (Wildman–Crippen MR) is 73.4 cm³/mol. The standard InChI is InChI=1S/C8H6BrClN4.CH2Cl2/c9-5-8-11-13-14(12-8)7-3-1-2-6(10)4-7;2-1-3/h1-4H,5H2;1H2. The fourth-order valence-corrected chi connectivity index (χ4v) is 1.42. The molecule has 0 radical (unpaired) electrons. The van der Waals surface area contributed by atoms with Gasteiger partial charge < -0.3 is 0 Å². The van der Waals surface area contributed by atoms with E-state index in [-0.39, 0.29) is 5.34 Å². The van der Waals surface area contributed by atoms with Gasteiger partial charge in [-0.25, -0.2) is 0 Å². The van der Waals surface area contributed by atoms with Gasteiger partial charge in [-0.3, -0.25) is 0 Å². The molecule has 0 spiro atoms. The molecular formula is C9H8BrCl3N4. The Balaban J connectivity index is 0.000000437. The molecule has 0 amide bonds. The number of tetrazole rings is 1. The monoisotopic (exact) mass is 356 g/mol. The molecule has 0 saturated carbocycles. The first kappa shape index (κ1) is 14.7. The van der Waals surface area contributed by atoms with Gasteiger partial charge in [0, 0.05) is 5.02 Å². The van der Waals surface area contributed by atoms with E-state index in [0.29, 0.717) is 16.2 Å². The number of alkyl halides is 3. The van der Waals surface area contributed by atoms with Gasteiger partial charge in [0.25, 0.3) is 0 Å². The van der Waals surface area contributed by atoms with Gasteiger partial charge in [-0.2, -0.15) is 0 Å². The fraction of sp³-hybridized carbons (Fsp3) is 0.222. The van der Waals surface area contributed by atoms with Crippen LogP contribution in [0, 0.1) is 0 Å². The number of nitrogens with zero attached hydrogens (tertiary/aromatic N) is 4. The van der Waals surface area contributed by atoms with Gasteiger partial charge in [0.15, 0.2) is 5.82 Å². The first-order valence-corrected chi connectivity index (χ1v) is 7.00. The lowest BCUT2D eigenvalue weighted by Gasteiger charge is -1.97. The van der Waals surface area contributed by atoms with Crippen molar-refractivity contribution in [3.05, 3.63) is 35.1 Å². The Labute approximate surface area is 122 Å². The molecule has 4 nitrogen and oxygen atoms in total. The topological polar surface area (TPSA) is 43.6 Å². The lowest BCUT2D eigenvalue weighted by atomic mass is 10.3. The lowest BCUT2D eigenvalue weighted by Crippen LogP contribution is -1.98. The molecule has 0 unspecified atom stereocenters. The van der Waals surface area contributed by atoms with Crippen molar-refractivity contribution >= 4 is 50.7 Å². The van der Waals surface area contributed by atoms with E-state index in [1.165, 1.54) is 4.80 Å². The van der Waals surface area contributed by atoms with Crippen molar-refractivity contribution in [3.8, 4) is 5.69 Å². The largest absolute Gasteiger partial charge is 0.185 e. The third kappa shape index (κ3) is 4.79. The van der Waals surface area contributed by atoms with Gasteiger partial charge in [0.2, 0.25) is 0 Å². The molecule has 0 bridgehead atoms. The second-order valence-electron chi connectivity index (χ2n) is 2.71. The van der Waals surface area contributed by atoms with Gasteiger partial charge in [0.05, 0.1) is 16.4 Å². The van der Waals surface area contributed by atoms with Crippen LogP contribution in [0.4, 0.5) is 0 Å². The molecule has 92 valence electrons. The van der Waals surface area contributed by atoms with Crippen LogP contribution in [0.1, 0.15) is 5.82 Å². The summed E-state index contributed by atoms with van der Waals surface area (Å²) in [5, 5.41) is 13.3. The predicted octanol–water partition coefficient (Wildman–Crippen LogP) is 3.63. The molecule has 0 saturated heterocycles. The summed E-state index contributed by atoms with van der Waals surface area (Å²) in [4.78, 5) is 1.45. The minimum absolute atomic E-state index is 0.194. The molecule has 0 aliphatic heterocycles. The number of halogens is 4. The number of aromatic nitrogens is 4. The van der Waals surface area contributed by atoms with Crippen molar-refractivity contribution < 1.29 is 0 Å². The fourth-order valence-electron chi connectivity index (χ4n) is 1.01. The second-order valence-corrected chi connectivity index (χ2v) is 4.51. The average Bonchev–Trinajstić information content (AvgIpc) is 2.78. The summed E-state index contributed by atoms with van der Waals surface area (Å²) in [6.45, 7) is 0. The second kappa shape index (κ2) is 7.87. The summed E-state index contributed by atoms with van der Waals surface area (Å²) in [7, 11) is 0. The number of hydrogen-bond acceptors (Lipinski definition) is 3. The summed E-state index contributed by atoms with van der Waals surface area (Å²) in [5.74, 6) is 0.643. The highest BCUT2D eigenvalue weighted by Gasteiger charge is 2.02. The van der Waals surface area contributed by atoms with Crippen LogP contribution in [0.25, 0.3) is 5.69 Å². The van der Waals surface area contributed by atoms with Crippen LogP contribution in [0.15, 0.2) is 24.3 Å². The number of rotatable bonds is 2. The SMILES string of the molecule is ClCCl.Clc1cccc(-n2nnc(CBr)n2)c1. The molecule has 2 rings (SSSR count). The molecule has 0 N–H and O–H groups in total. The van der Waals surface area contributed by atoms with Crippen LogP contribution >= 0.6 is 50.7 Å². The maximum Gasteiger partial charge on any atom is 0.185 e. The summed E-state index contributed by atoms with van der Waals surface area (Å²) >= 11 is 18.6. The lowest BCUT2D eigenvalue weighted by molar-refractivity contribution is 0.719. The third-order valence-electron chi connectivity index (χ3n) is 1.61. The van der Waals surface area contributed by atoms with Crippen molar-refractivity contribution in [1.29, 1.82) is 0 Å². The Hall–Kier alpha value is -0.360. The molecule has 2 aromatic rings. The van der Waals surface area contributed by atoms with Crippen molar-refractivity contribution in [1.82, 2.24) is 20.2 Å².